The number of nitrogen functional groups attached to an aromatic ring is 1. The summed E-state index contributed by atoms with van der Waals surface area (Å²) in [6, 6.07) is 6.86. The van der Waals surface area contributed by atoms with E-state index in [1.165, 1.54) is 14.2 Å². The highest BCUT2D eigenvalue weighted by atomic mass is 32.1. The SMILES string of the molecule is COC(=O)/C=C(\C(=O)OC)c1sc(N)c2c(=O)oc3ccccc3c12. The van der Waals surface area contributed by atoms with Gasteiger partial charge in [0.15, 0.2) is 0 Å². The molecule has 0 unspecified atom stereocenters. The number of para-hydroxylation sites is 1. The molecule has 0 spiro atoms. The normalized spacial score (nSPS) is 11.7. The summed E-state index contributed by atoms with van der Waals surface area (Å²) in [5, 5.41) is 1.39. The molecule has 2 N–H and O–H groups in total. The van der Waals surface area contributed by atoms with Gasteiger partial charge in [-0.15, -0.1) is 11.3 Å². The standard InChI is InChI=1S/C17H13NO6S/c1-22-11(19)7-9(16(20)23-2)14-12-8-5-3-4-6-10(8)24-17(21)13(12)15(18)25-14/h3-7H,18H2,1-2H3/b9-7-. The van der Waals surface area contributed by atoms with E-state index in [1.54, 1.807) is 24.3 Å². The fourth-order valence-electron chi connectivity index (χ4n) is 2.52. The lowest BCUT2D eigenvalue weighted by Gasteiger charge is -2.05. The number of hydrogen-bond donors (Lipinski definition) is 1. The summed E-state index contributed by atoms with van der Waals surface area (Å²) in [5.41, 5.74) is 5.66. The highest BCUT2D eigenvalue weighted by Crippen LogP contribution is 2.40. The van der Waals surface area contributed by atoms with Crippen LogP contribution in [0.4, 0.5) is 5.00 Å². The Kier molecular flexibility index (Phi) is 4.28. The van der Waals surface area contributed by atoms with Gasteiger partial charge in [0.1, 0.15) is 16.0 Å². The Morgan fingerprint density at radius 2 is 1.88 bits per heavy atom. The zero-order chi connectivity index (χ0) is 18.1. The number of carbonyl (C=O) groups is 2. The molecule has 128 valence electrons. The van der Waals surface area contributed by atoms with Crippen molar-refractivity contribution in [2.45, 2.75) is 0 Å². The number of thiophene rings is 1. The summed E-state index contributed by atoms with van der Waals surface area (Å²) < 4.78 is 14.6. The molecule has 0 saturated carbocycles. The highest BCUT2D eigenvalue weighted by molar-refractivity contribution is 7.19. The van der Waals surface area contributed by atoms with E-state index in [1.807, 2.05) is 0 Å². The minimum atomic E-state index is -0.745. The van der Waals surface area contributed by atoms with E-state index in [0.717, 1.165) is 17.4 Å². The monoisotopic (exact) mass is 359 g/mol. The average molecular weight is 359 g/mol. The van der Waals surface area contributed by atoms with Gasteiger partial charge >= 0.3 is 17.6 Å². The fraction of sp³-hybridized carbons (Fsp3) is 0.118. The van der Waals surface area contributed by atoms with Crippen molar-refractivity contribution >= 4 is 55.6 Å². The summed E-state index contributed by atoms with van der Waals surface area (Å²) in [6.45, 7) is 0. The molecule has 0 saturated heterocycles. The minimum absolute atomic E-state index is 0.0446. The molecule has 0 aliphatic carbocycles. The Hall–Kier alpha value is -3.13. The fourth-order valence-corrected chi connectivity index (χ4v) is 3.59. The first-order valence-electron chi connectivity index (χ1n) is 7.10. The Morgan fingerprint density at radius 1 is 1.16 bits per heavy atom. The van der Waals surface area contributed by atoms with Crippen LogP contribution >= 0.6 is 11.3 Å². The van der Waals surface area contributed by atoms with E-state index in [9.17, 15) is 14.4 Å². The number of esters is 2. The third-order valence-electron chi connectivity index (χ3n) is 3.61. The van der Waals surface area contributed by atoms with Crippen LogP contribution in [0, 0.1) is 0 Å². The van der Waals surface area contributed by atoms with E-state index in [-0.39, 0.29) is 16.0 Å². The number of nitrogens with two attached hydrogens (primary N) is 1. The van der Waals surface area contributed by atoms with Gasteiger partial charge in [0.25, 0.3) is 0 Å². The van der Waals surface area contributed by atoms with E-state index >= 15 is 0 Å². The number of carbonyl (C=O) groups excluding carboxylic acids is 2. The van der Waals surface area contributed by atoms with Crippen LogP contribution in [-0.2, 0) is 19.1 Å². The molecule has 0 fully saturated rings. The molecule has 0 radical (unpaired) electrons. The molecule has 0 aliphatic heterocycles. The van der Waals surface area contributed by atoms with Gasteiger partial charge < -0.3 is 19.6 Å². The van der Waals surface area contributed by atoms with Gasteiger partial charge in [-0.1, -0.05) is 18.2 Å². The number of anilines is 1. The van der Waals surface area contributed by atoms with Crippen molar-refractivity contribution in [2.75, 3.05) is 20.0 Å². The first kappa shape index (κ1) is 16.7. The predicted octanol–water partition coefficient (Wildman–Crippen LogP) is 2.32. The van der Waals surface area contributed by atoms with E-state index < -0.39 is 17.6 Å². The van der Waals surface area contributed by atoms with Crippen molar-refractivity contribution in [3.05, 3.63) is 45.6 Å². The summed E-state index contributed by atoms with van der Waals surface area (Å²) in [7, 11) is 2.39. The number of methoxy groups -OCH3 is 2. The summed E-state index contributed by atoms with van der Waals surface area (Å²) in [6.07, 6.45) is 1.01. The smallest absolute Gasteiger partial charge is 0.347 e. The number of benzene rings is 1. The second-order valence-corrected chi connectivity index (χ2v) is 6.06. The minimum Gasteiger partial charge on any atom is -0.466 e. The zero-order valence-electron chi connectivity index (χ0n) is 13.3. The number of hydrogen-bond acceptors (Lipinski definition) is 8. The molecule has 0 amide bonds. The summed E-state index contributed by atoms with van der Waals surface area (Å²) >= 11 is 1.00. The van der Waals surface area contributed by atoms with Crippen molar-refractivity contribution in [2.24, 2.45) is 0 Å². The van der Waals surface area contributed by atoms with Crippen molar-refractivity contribution in [1.82, 2.24) is 0 Å². The van der Waals surface area contributed by atoms with Crippen molar-refractivity contribution in [3.63, 3.8) is 0 Å². The molecule has 1 aromatic carbocycles. The van der Waals surface area contributed by atoms with Gasteiger partial charge in [-0.3, -0.25) is 0 Å². The van der Waals surface area contributed by atoms with Crippen LogP contribution in [0.25, 0.3) is 27.3 Å². The second-order valence-electron chi connectivity index (χ2n) is 5.00. The molecular formula is C17H13NO6S. The van der Waals surface area contributed by atoms with Crippen LogP contribution in [0.5, 0.6) is 0 Å². The first-order valence-corrected chi connectivity index (χ1v) is 7.91. The first-order chi connectivity index (χ1) is 12.0. The molecule has 0 bridgehead atoms. The lowest BCUT2D eigenvalue weighted by Crippen LogP contribution is -2.07. The highest BCUT2D eigenvalue weighted by Gasteiger charge is 2.24. The quantitative estimate of drug-likeness (QED) is 0.434. The second kappa shape index (κ2) is 6.40. The van der Waals surface area contributed by atoms with Crippen LogP contribution < -0.4 is 11.4 Å². The van der Waals surface area contributed by atoms with Gasteiger partial charge in [0, 0.05) is 16.8 Å². The molecule has 8 heteroatoms. The van der Waals surface area contributed by atoms with Gasteiger partial charge in [0.05, 0.1) is 24.7 Å². The summed E-state index contributed by atoms with van der Waals surface area (Å²) in [5.74, 6) is -1.47. The van der Waals surface area contributed by atoms with Gasteiger partial charge in [0.2, 0.25) is 0 Å². The Bertz CT molecular complexity index is 1090. The average Bonchev–Trinajstić information content (AvgIpc) is 2.97. The van der Waals surface area contributed by atoms with Crippen LogP contribution in [0.3, 0.4) is 0 Å². The maximum atomic E-state index is 12.3. The lowest BCUT2D eigenvalue weighted by atomic mass is 10.1. The van der Waals surface area contributed by atoms with Crippen LogP contribution in [0.1, 0.15) is 4.88 Å². The molecule has 3 rings (SSSR count). The van der Waals surface area contributed by atoms with Crippen molar-refractivity contribution in [3.8, 4) is 0 Å². The largest absolute Gasteiger partial charge is 0.466 e. The number of fused-ring (bicyclic) bond motifs is 3. The maximum absolute atomic E-state index is 12.3. The van der Waals surface area contributed by atoms with Crippen LogP contribution in [0.2, 0.25) is 0 Å². The summed E-state index contributed by atoms with van der Waals surface area (Å²) in [4.78, 5) is 36.5. The molecule has 0 aliphatic rings. The molecule has 25 heavy (non-hydrogen) atoms. The zero-order valence-corrected chi connectivity index (χ0v) is 14.1. The molecule has 2 aromatic heterocycles. The van der Waals surface area contributed by atoms with Crippen molar-refractivity contribution < 1.29 is 23.5 Å². The van der Waals surface area contributed by atoms with Crippen LogP contribution in [0.15, 0.2) is 39.6 Å². The predicted molar refractivity (Wildman–Crippen MR) is 94.3 cm³/mol. The van der Waals surface area contributed by atoms with E-state index in [2.05, 4.69) is 4.74 Å². The van der Waals surface area contributed by atoms with E-state index in [4.69, 9.17) is 14.9 Å². The molecule has 7 nitrogen and oxygen atoms in total. The maximum Gasteiger partial charge on any atom is 0.347 e. The molecule has 3 aromatic rings. The number of ether oxygens (including phenoxy) is 2. The van der Waals surface area contributed by atoms with Gasteiger partial charge in [-0.2, -0.15) is 0 Å². The third-order valence-corrected chi connectivity index (χ3v) is 4.66. The van der Waals surface area contributed by atoms with Gasteiger partial charge in [-0.25, -0.2) is 14.4 Å². The molecule has 2 heterocycles. The van der Waals surface area contributed by atoms with Gasteiger partial charge in [-0.05, 0) is 6.07 Å². The third kappa shape index (κ3) is 2.76. The lowest BCUT2D eigenvalue weighted by molar-refractivity contribution is -0.136. The molecular weight excluding hydrogens is 346 g/mol. The van der Waals surface area contributed by atoms with Crippen molar-refractivity contribution in [1.29, 1.82) is 0 Å². The van der Waals surface area contributed by atoms with Crippen LogP contribution in [-0.4, -0.2) is 26.2 Å². The van der Waals surface area contributed by atoms with E-state index in [0.29, 0.717) is 21.2 Å². The topological polar surface area (TPSA) is 109 Å². The molecule has 0 atom stereocenters. The Morgan fingerprint density at radius 3 is 2.56 bits per heavy atom. The number of rotatable bonds is 3. The Balaban J connectivity index is 2.47. The Labute approximate surface area is 145 Å².